The van der Waals surface area contributed by atoms with E-state index >= 15 is 0 Å². The smallest absolute Gasteiger partial charge is 0.141 e. The summed E-state index contributed by atoms with van der Waals surface area (Å²) in [5, 5.41) is 9.90. The number of pyridine rings is 1. The van der Waals surface area contributed by atoms with E-state index < -0.39 is 0 Å². The molecule has 1 aromatic carbocycles. The topological polar surface area (TPSA) is 62.7 Å². The number of nitriles is 1. The Balaban J connectivity index is 2.69. The number of hydrogen-bond donors (Lipinski definition) is 1. The van der Waals surface area contributed by atoms with E-state index in [1.807, 2.05) is 6.07 Å². The Labute approximate surface area is 119 Å². The van der Waals surface area contributed by atoms with E-state index in [1.165, 1.54) is 12.1 Å². The molecule has 0 atom stereocenters. The molecular weight excluding hydrogens is 293 g/mol. The number of anilines is 1. The summed E-state index contributed by atoms with van der Waals surface area (Å²) in [5.41, 5.74) is 7.45. The third kappa shape index (κ3) is 2.37. The summed E-state index contributed by atoms with van der Waals surface area (Å²) in [7, 11) is 0. The number of rotatable bonds is 1. The van der Waals surface area contributed by atoms with Crippen LogP contribution in [0.25, 0.3) is 11.3 Å². The first kappa shape index (κ1) is 13.0. The summed E-state index contributed by atoms with van der Waals surface area (Å²) in [6.45, 7) is 0. The normalized spacial score (nSPS) is 10.1. The van der Waals surface area contributed by atoms with Crippen LogP contribution in [-0.4, -0.2) is 4.98 Å². The Hall–Kier alpha value is -1.47. The maximum absolute atomic E-state index is 8.83. The van der Waals surface area contributed by atoms with E-state index in [0.717, 1.165) is 0 Å². The van der Waals surface area contributed by atoms with Crippen LogP contribution < -0.4 is 5.73 Å². The monoisotopic (exact) mass is 297 g/mol. The Morgan fingerprint density at radius 1 is 1.06 bits per heavy atom. The third-order valence-corrected chi connectivity index (χ3v) is 3.34. The minimum atomic E-state index is 0.251. The van der Waals surface area contributed by atoms with Crippen molar-refractivity contribution in [2.24, 2.45) is 0 Å². The number of halogens is 3. The van der Waals surface area contributed by atoms with Gasteiger partial charge in [-0.2, -0.15) is 5.26 Å². The van der Waals surface area contributed by atoms with E-state index in [-0.39, 0.29) is 5.69 Å². The van der Waals surface area contributed by atoms with Gasteiger partial charge < -0.3 is 5.73 Å². The number of nitrogens with zero attached hydrogens (tertiary/aromatic N) is 2. The van der Waals surface area contributed by atoms with Gasteiger partial charge in [0, 0.05) is 5.56 Å². The second-order valence-corrected chi connectivity index (χ2v) is 4.71. The van der Waals surface area contributed by atoms with Crippen LogP contribution >= 0.6 is 34.8 Å². The van der Waals surface area contributed by atoms with Gasteiger partial charge in [-0.3, -0.25) is 0 Å². The van der Waals surface area contributed by atoms with Gasteiger partial charge in [0.05, 0.1) is 26.4 Å². The van der Waals surface area contributed by atoms with Crippen molar-refractivity contribution >= 4 is 40.5 Å². The molecule has 0 fully saturated rings. The molecule has 3 nitrogen and oxygen atoms in total. The molecule has 2 N–H and O–H groups in total. The molecule has 1 heterocycles. The van der Waals surface area contributed by atoms with E-state index in [1.54, 1.807) is 12.1 Å². The standard InChI is InChI=1S/C12H6Cl3N3/c13-8-4-10(15)9(14)3-7(8)12-11(17)2-1-6(5-16)18-12/h1-4H,17H2. The highest BCUT2D eigenvalue weighted by Crippen LogP contribution is 2.36. The van der Waals surface area contributed by atoms with Gasteiger partial charge in [-0.15, -0.1) is 0 Å². The number of aromatic nitrogens is 1. The maximum atomic E-state index is 8.83. The van der Waals surface area contributed by atoms with Crippen molar-refractivity contribution in [1.82, 2.24) is 4.98 Å². The third-order valence-electron chi connectivity index (χ3n) is 2.31. The predicted molar refractivity (Wildman–Crippen MR) is 73.8 cm³/mol. The van der Waals surface area contributed by atoms with Gasteiger partial charge in [0.2, 0.25) is 0 Å². The van der Waals surface area contributed by atoms with Crippen LogP contribution in [0.3, 0.4) is 0 Å². The largest absolute Gasteiger partial charge is 0.397 e. The summed E-state index contributed by atoms with van der Waals surface area (Å²) in [6, 6.07) is 8.16. The molecule has 90 valence electrons. The van der Waals surface area contributed by atoms with E-state index in [9.17, 15) is 0 Å². The summed E-state index contributed by atoms with van der Waals surface area (Å²) in [5.74, 6) is 0. The van der Waals surface area contributed by atoms with Gasteiger partial charge in [0.25, 0.3) is 0 Å². The van der Waals surface area contributed by atoms with Crippen LogP contribution in [0, 0.1) is 11.3 Å². The average Bonchev–Trinajstić information content (AvgIpc) is 2.35. The second kappa shape index (κ2) is 5.03. The average molecular weight is 299 g/mol. The van der Waals surface area contributed by atoms with E-state index in [0.29, 0.717) is 32.0 Å². The Morgan fingerprint density at radius 3 is 2.39 bits per heavy atom. The molecule has 0 amide bonds. The molecule has 2 rings (SSSR count). The lowest BCUT2D eigenvalue weighted by atomic mass is 10.1. The summed E-state index contributed by atoms with van der Waals surface area (Å²) in [6.07, 6.45) is 0. The Bertz CT molecular complexity index is 662. The lowest BCUT2D eigenvalue weighted by Gasteiger charge is -2.08. The summed E-state index contributed by atoms with van der Waals surface area (Å²) < 4.78 is 0. The van der Waals surface area contributed by atoms with Crippen molar-refractivity contribution in [1.29, 1.82) is 5.26 Å². The first-order chi connectivity index (χ1) is 8.52. The Morgan fingerprint density at radius 2 is 1.72 bits per heavy atom. The fourth-order valence-corrected chi connectivity index (χ4v) is 2.09. The lowest BCUT2D eigenvalue weighted by molar-refractivity contribution is 1.27. The SMILES string of the molecule is N#Cc1ccc(N)c(-c2cc(Cl)c(Cl)cc2Cl)n1. The van der Waals surface area contributed by atoms with E-state index in [2.05, 4.69) is 4.98 Å². The van der Waals surface area contributed by atoms with E-state index in [4.69, 9.17) is 45.8 Å². The van der Waals surface area contributed by atoms with Gasteiger partial charge in [0.15, 0.2) is 0 Å². The molecule has 6 heteroatoms. The number of nitrogen functional groups attached to an aromatic ring is 1. The van der Waals surface area contributed by atoms with Crippen molar-refractivity contribution < 1.29 is 0 Å². The van der Waals surface area contributed by atoms with Crippen LogP contribution in [0.5, 0.6) is 0 Å². The maximum Gasteiger partial charge on any atom is 0.141 e. The van der Waals surface area contributed by atoms with Crippen LogP contribution in [0.4, 0.5) is 5.69 Å². The van der Waals surface area contributed by atoms with Crippen molar-refractivity contribution in [3.8, 4) is 17.3 Å². The van der Waals surface area contributed by atoms with Crippen molar-refractivity contribution in [2.45, 2.75) is 0 Å². The summed E-state index contributed by atoms with van der Waals surface area (Å²) >= 11 is 17.9. The molecule has 18 heavy (non-hydrogen) atoms. The number of nitrogens with two attached hydrogens (primary N) is 1. The van der Waals surface area contributed by atoms with Crippen LogP contribution in [0.2, 0.25) is 15.1 Å². The first-order valence-corrected chi connectivity index (χ1v) is 5.98. The highest BCUT2D eigenvalue weighted by atomic mass is 35.5. The van der Waals surface area contributed by atoms with Crippen molar-refractivity contribution in [3.63, 3.8) is 0 Å². The fraction of sp³-hybridized carbons (Fsp3) is 0. The van der Waals surface area contributed by atoms with Crippen LogP contribution in [0.1, 0.15) is 5.69 Å². The summed E-state index contributed by atoms with van der Waals surface area (Å²) in [4.78, 5) is 4.12. The molecule has 0 bridgehead atoms. The molecular formula is C12H6Cl3N3. The zero-order valence-electron chi connectivity index (χ0n) is 8.92. The highest BCUT2D eigenvalue weighted by molar-refractivity contribution is 6.44. The molecule has 0 aliphatic heterocycles. The molecule has 0 aliphatic carbocycles. The molecule has 0 radical (unpaired) electrons. The molecule has 0 spiro atoms. The fourth-order valence-electron chi connectivity index (χ4n) is 1.45. The zero-order valence-corrected chi connectivity index (χ0v) is 11.2. The molecule has 0 unspecified atom stereocenters. The number of benzene rings is 1. The molecule has 0 saturated carbocycles. The van der Waals surface area contributed by atoms with Gasteiger partial charge in [-0.25, -0.2) is 4.98 Å². The number of hydrogen-bond acceptors (Lipinski definition) is 3. The minimum Gasteiger partial charge on any atom is -0.397 e. The van der Waals surface area contributed by atoms with Gasteiger partial charge >= 0.3 is 0 Å². The van der Waals surface area contributed by atoms with Crippen molar-refractivity contribution in [3.05, 3.63) is 45.0 Å². The second-order valence-electron chi connectivity index (χ2n) is 3.49. The molecule has 0 saturated heterocycles. The van der Waals surface area contributed by atoms with Gasteiger partial charge in [-0.05, 0) is 24.3 Å². The minimum absolute atomic E-state index is 0.251. The quantitative estimate of drug-likeness (QED) is 0.804. The van der Waals surface area contributed by atoms with Crippen molar-refractivity contribution in [2.75, 3.05) is 5.73 Å². The van der Waals surface area contributed by atoms with Gasteiger partial charge in [-0.1, -0.05) is 34.8 Å². The molecule has 2 aromatic rings. The Kier molecular flexibility index (Phi) is 3.63. The highest BCUT2D eigenvalue weighted by Gasteiger charge is 2.12. The van der Waals surface area contributed by atoms with Crippen LogP contribution in [-0.2, 0) is 0 Å². The predicted octanol–water partition coefficient (Wildman–Crippen LogP) is 4.16. The molecule has 1 aromatic heterocycles. The lowest BCUT2D eigenvalue weighted by Crippen LogP contribution is -1.96. The van der Waals surface area contributed by atoms with Crippen LogP contribution in [0.15, 0.2) is 24.3 Å². The zero-order chi connectivity index (χ0) is 13.3. The van der Waals surface area contributed by atoms with Gasteiger partial charge in [0.1, 0.15) is 11.8 Å². The molecule has 0 aliphatic rings. The first-order valence-electron chi connectivity index (χ1n) is 4.84.